The number of hydrogen-bond donors (Lipinski definition) is 2. The second kappa shape index (κ2) is 26.4. The fourth-order valence-corrected chi connectivity index (χ4v) is 9.90. The van der Waals surface area contributed by atoms with Gasteiger partial charge in [-0.3, -0.25) is 9.59 Å². The molecule has 6 heterocycles. The number of nitriles is 2. The Balaban J connectivity index is 0.000000233. The van der Waals surface area contributed by atoms with E-state index in [0.29, 0.717) is 46.7 Å². The topological polar surface area (TPSA) is 278 Å². The fourth-order valence-electron chi connectivity index (χ4n) is 9.90. The third-order valence-electron chi connectivity index (χ3n) is 15.0. The zero-order chi connectivity index (χ0) is 73.9. The van der Waals surface area contributed by atoms with Gasteiger partial charge >= 0.3 is 24.5 Å². The number of carbonyl (C=O) groups excluding carboxylic acids is 4. The summed E-state index contributed by atoms with van der Waals surface area (Å²) in [6.07, 6.45) is -12.2. The van der Waals surface area contributed by atoms with Crippen molar-refractivity contribution in [3.8, 4) is 46.4 Å². The second-order valence-corrected chi connectivity index (χ2v) is 26.0. The standard InChI is InChI=1S/2C32H28F7N7O4/c2*1-29(2,3)50-28(48)42-23-11-31(35,36)20-10-22(34)19(25-43-44-27(49-25)30(4,5)15-40)9-24(20)45(26(23)47)13-16-6-7-18(8-21(16)33)46-14-17(12-41-46)32(37,38)39/h2*6-10,12,14,23H,11,13H2,1-5H3,(H,42,48)/t23-;/m1./s1. The normalized spacial score (nSPS) is 16.4. The molecule has 4 aromatic heterocycles. The van der Waals surface area contributed by atoms with Crippen LogP contribution in [0.3, 0.4) is 0 Å². The molecule has 0 spiro atoms. The van der Waals surface area contributed by atoms with Crippen LogP contribution in [0.4, 0.5) is 82.4 Å². The molecule has 0 bridgehead atoms. The van der Waals surface area contributed by atoms with E-state index >= 15 is 35.1 Å². The minimum Gasteiger partial charge on any atom is -0.444 e. The van der Waals surface area contributed by atoms with E-state index in [1.807, 2.05) is 12.1 Å². The predicted molar refractivity (Wildman–Crippen MR) is 319 cm³/mol. The molecule has 4 aromatic carbocycles. The number of alkyl halides is 10. The number of rotatable bonds is 12. The summed E-state index contributed by atoms with van der Waals surface area (Å²) < 4.78 is 227. The molecule has 0 saturated carbocycles. The quantitative estimate of drug-likeness (QED) is 0.108. The number of fused-ring (bicyclic) bond motifs is 2. The van der Waals surface area contributed by atoms with Gasteiger partial charge in [0.15, 0.2) is 0 Å². The van der Waals surface area contributed by atoms with Crippen LogP contribution in [0, 0.1) is 45.9 Å². The Morgan fingerprint density at radius 1 is 0.550 bits per heavy atom. The summed E-state index contributed by atoms with van der Waals surface area (Å²) in [5, 5.41) is 45.3. The number of nitrogens with one attached hydrogen (secondary N) is 2. The highest BCUT2D eigenvalue weighted by Crippen LogP contribution is 2.48. The molecule has 2 aliphatic heterocycles. The Kier molecular flexibility index (Phi) is 19.3. The molecule has 8 aromatic rings. The van der Waals surface area contributed by atoms with Crippen LogP contribution in [-0.4, -0.2) is 87.2 Å². The second-order valence-electron chi connectivity index (χ2n) is 26.0. The lowest BCUT2D eigenvalue weighted by atomic mass is 9.96. The molecule has 0 saturated heterocycles. The largest absolute Gasteiger partial charge is 0.444 e. The van der Waals surface area contributed by atoms with Gasteiger partial charge in [0.2, 0.25) is 23.6 Å². The summed E-state index contributed by atoms with van der Waals surface area (Å²) in [6.45, 7) is 13.2. The van der Waals surface area contributed by atoms with Gasteiger partial charge in [0.05, 0.1) is 82.6 Å². The van der Waals surface area contributed by atoms with E-state index in [2.05, 4.69) is 41.2 Å². The van der Waals surface area contributed by atoms with Crippen molar-refractivity contribution < 1.29 is 99.0 Å². The van der Waals surface area contributed by atoms with E-state index < -0.39 is 188 Å². The van der Waals surface area contributed by atoms with E-state index in [0.717, 1.165) is 45.8 Å². The van der Waals surface area contributed by atoms with E-state index in [1.165, 1.54) is 81.4 Å². The van der Waals surface area contributed by atoms with Crippen molar-refractivity contribution in [1.29, 1.82) is 10.5 Å². The molecule has 528 valence electrons. The monoisotopic (exact) mass is 1410 g/mol. The maximum absolute atomic E-state index is 15.9. The van der Waals surface area contributed by atoms with Crippen molar-refractivity contribution in [1.82, 2.24) is 50.6 Å². The van der Waals surface area contributed by atoms with Crippen LogP contribution < -0.4 is 20.4 Å². The summed E-state index contributed by atoms with van der Waals surface area (Å²) in [5.41, 5.74) is -12.1. The van der Waals surface area contributed by atoms with Gasteiger partial charge in [0.25, 0.3) is 23.6 Å². The highest BCUT2D eigenvalue weighted by molar-refractivity contribution is 6.02. The van der Waals surface area contributed by atoms with Gasteiger partial charge < -0.3 is 38.7 Å². The van der Waals surface area contributed by atoms with E-state index in [9.17, 15) is 56.0 Å². The highest BCUT2D eigenvalue weighted by atomic mass is 19.4. The average Bonchev–Trinajstić information content (AvgIpc) is 1.54. The zero-order valence-electron chi connectivity index (χ0n) is 54.0. The number of nitrogens with zero attached hydrogens (tertiary/aromatic N) is 12. The molecule has 0 radical (unpaired) electrons. The van der Waals surface area contributed by atoms with Crippen molar-refractivity contribution in [2.45, 2.75) is 153 Å². The van der Waals surface area contributed by atoms with Gasteiger partial charge in [0.1, 0.15) is 57.4 Å². The van der Waals surface area contributed by atoms with Crippen molar-refractivity contribution in [2.24, 2.45) is 0 Å². The van der Waals surface area contributed by atoms with Gasteiger partial charge in [-0.05, 0) is 118 Å². The van der Waals surface area contributed by atoms with Crippen molar-refractivity contribution in [3.05, 3.63) is 154 Å². The average molecular weight is 1420 g/mol. The van der Waals surface area contributed by atoms with Crippen LogP contribution in [0.25, 0.3) is 34.3 Å². The first-order valence-corrected chi connectivity index (χ1v) is 29.6. The van der Waals surface area contributed by atoms with Gasteiger partial charge in [-0.25, -0.2) is 54.1 Å². The molecule has 22 nitrogen and oxygen atoms in total. The summed E-state index contributed by atoms with van der Waals surface area (Å²) in [4.78, 5) is 54.7. The number of ether oxygens (including phenoxy) is 2. The third kappa shape index (κ3) is 16.0. The van der Waals surface area contributed by atoms with Crippen LogP contribution in [-0.2, 0) is 67.2 Å². The first-order valence-electron chi connectivity index (χ1n) is 29.6. The number of aromatic nitrogens is 8. The molecular weight excluding hydrogens is 1360 g/mol. The van der Waals surface area contributed by atoms with E-state index in [1.54, 1.807) is 0 Å². The Bertz CT molecular complexity index is 4300. The fraction of sp³-hybridized carbons (Fsp3) is 0.375. The Morgan fingerprint density at radius 2 is 0.900 bits per heavy atom. The van der Waals surface area contributed by atoms with Crippen molar-refractivity contribution in [2.75, 3.05) is 9.80 Å². The lowest BCUT2D eigenvalue weighted by Gasteiger charge is -2.27. The number of halogens is 14. The van der Waals surface area contributed by atoms with E-state index in [-0.39, 0.29) is 34.3 Å². The number of carbonyl (C=O) groups is 4. The van der Waals surface area contributed by atoms with Crippen molar-refractivity contribution >= 4 is 35.4 Å². The lowest BCUT2D eigenvalue weighted by molar-refractivity contribution is -0.138. The van der Waals surface area contributed by atoms with Crippen LogP contribution in [0.15, 0.2) is 94.3 Å². The lowest BCUT2D eigenvalue weighted by Crippen LogP contribution is -2.50. The molecule has 0 fully saturated rings. The molecule has 36 heteroatoms. The van der Waals surface area contributed by atoms with Crippen LogP contribution >= 0.6 is 0 Å². The zero-order valence-corrected chi connectivity index (χ0v) is 54.0. The summed E-state index contributed by atoms with van der Waals surface area (Å²) >= 11 is 0. The molecule has 10 rings (SSSR count). The third-order valence-corrected chi connectivity index (χ3v) is 15.0. The molecule has 4 amide bonds. The number of anilines is 2. The number of alkyl carbamates (subject to hydrolysis) is 2. The predicted octanol–water partition coefficient (Wildman–Crippen LogP) is 13.9. The van der Waals surface area contributed by atoms with Gasteiger partial charge in [-0.2, -0.15) is 47.1 Å². The van der Waals surface area contributed by atoms with Gasteiger partial charge in [-0.1, -0.05) is 12.1 Å². The van der Waals surface area contributed by atoms with Crippen molar-refractivity contribution in [3.63, 3.8) is 0 Å². The molecule has 2 N–H and O–H groups in total. The molecule has 1 unspecified atom stereocenters. The highest BCUT2D eigenvalue weighted by Gasteiger charge is 2.50. The number of hydrogen-bond acceptors (Lipinski definition) is 16. The Labute approximate surface area is 557 Å². The van der Waals surface area contributed by atoms with Gasteiger partial charge in [0, 0.05) is 47.5 Å². The first-order chi connectivity index (χ1) is 46.2. The number of amides is 4. The Morgan fingerprint density at radius 3 is 1.20 bits per heavy atom. The summed E-state index contributed by atoms with van der Waals surface area (Å²) in [7, 11) is 0. The van der Waals surface area contributed by atoms with Gasteiger partial charge in [-0.15, -0.1) is 20.4 Å². The van der Waals surface area contributed by atoms with E-state index in [4.69, 9.17) is 18.3 Å². The summed E-state index contributed by atoms with van der Waals surface area (Å²) in [5.74, 6) is -16.3. The minimum atomic E-state index is -4.71. The first kappa shape index (κ1) is 73.3. The minimum absolute atomic E-state index is 0.128. The molecule has 2 atom stereocenters. The Hall–Kier alpha value is -10.9. The molecule has 2 aliphatic rings. The molecule has 100 heavy (non-hydrogen) atoms. The van der Waals surface area contributed by atoms with Crippen LogP contribution in [0.2, 0.25) is 0 Å². The molecule has 0 aliphatic carbocycles. The maximum Gasteiger partial charge on any atom is 0.419 e. The molecular formula is C64H56F14N14O8. The van der Waals surface area contributed by atoms with Crippen LogP contribution in [0.1, 0.15) is 127 Å². The summed E-state index contributed by atoms with van der Waals surface area (Å²) in [6, 6.07) is 8.73. The van der Waals surface area contributed by atoms with Crippen LogP contribution in [0.5, 0.6) is 0 Å². The SMILES string of the molecule is CC(C)(C)OC(=O)NC1CC(F)(F)c2cc(F)c(-c3nnc(C(C)(C)C#N)o3)cc2N(Cc2ccc(-n3cc(C(F)(F)F)cn3)cc2F)C1=O.CC(C)(C)OC(=O)N[C@@H]1CC(F)(F)c2cc(F)c(-c3nnc(C(C)(C)C#N)o3)cc2N(Cc2ccc(-n3cc(C(F)(F)F)cn3)cc2F)C1=O. The maximum atomic E-state index is 15.9. The number of benzene rings is 4. The smallest absolute Gasteiger partial charge is 0.419 e.